The summed E-state index contributed by atoms with van der Waals surface area (Å²) in [5.74, 6) is -0.954. The summed E-state index contributed by atoms with van der Waals surface area (Å²) in [6, 6.07) is 7.78. The van der Waals surface area contributed by atoms with Crippen molar-refractivity contribution in [2.24, 2.45) is 0 Å². The first-order chi connectivity index (χ1) is 7.98. The number of aliphatic carboxylic acids is 1. The average molecular weight is 300 g/mol. The fourth-order valence-corrected chi connectivity index (χ4v) is 2.42. The van der Waals surface area contributed by atoms with Crippen LogP contribution >= 0.6 is 15.9 Å². The Labute approximate surface area is 108 Å². The molecular weight excluding hydrogens is 286 g/mol. The van der Waals surface area contributed by atoms with E-state index in [1.807, 2.05) is 29.2 Å². The van der Waals surface area contributed by atoms with Crippen molar-refractivity contribution < 1.29 is 15.0 Å². The molecule has 1 aromatic rings. The van der Waals surface area contributed by atoms with Gasteiger partial charge in [0.05, 0.1) is 12.0 Å². The molecule has 1 aliphatic heterocycles. The number of anilines is 1. The summed E-state index contributed by atoms with van der Waals surface area (Å²) in [6.45, 7) is 1.06. The first-order valence-electron chi connectivity index (χ1n) is 5.43. The minimum atomic E-state index is -1.10. The normalized spacial score (nSPS) is 24.0. The van der Waals surface area contributed by atoms with Gasteiger partial charge in [-0.3, -0.25) is 4.79 Å². The average Bonchev–Trinajstić information content (AvgIpc) is 2.60. The third-order valence-electron chi connectivity index (χ3n) is 3.00. The van der Waals surface area contributed by atoms with Gasteiger partial charge < -0.3 is 15.1 Å². The second kappa shape index (κ2) is 4.66. The lowest BCUT2D eigenvalue weighted by Crippen LogP contribution is -2.35. The largest absolute Gasteiger partial charge is 0.481 e. The fourth-order valence-electron chi connectivity index (χ4n) is 2.15. The quantitative estimate of drug-likeness (QED) is 0.894. The maximum absolute atomic E-state index is 10.7. The Morgan fingerprint density at radius 2 is 2.06 bits per heavy atom. The van der Waals surface area contributed by atoms with Crippen LogP contribution in [0.15, 0.2) is 28.7 Å². The smallest absolute Gasteiger partial charge is 0.306 e. The Morgan fingerprint density at radius 3 is 2.65 bits per heavy atom. The topological polar surface area (TPSA) is 60.8 Å². The number of benzene rings is 1. The van der Waals surface area contributed by atoms with Crippen molar-refractivity contribution in [2.45, 2.75) is 18.4 Å². The van der Waals surface area contributed by atoms with Gasteiger partial charge in [0, 0.05) is 23.2 Å². The van der Waals surface area contributed by atoms with Crippen molar-refractivity contribution in [3.8, 4) is 0 Å². The van der Waals surface area contributed by atoms with E-state index in [1.54, 1.807) is 0 Å². The number of hydrogen-bond donors (Lipinski definition) is 2. The Hall–Kier alpha value is -1.07. The van der Waals surface area contributed by atoms with E-state index in [2.05, 4.69) is 15.9 Å². The maximum atomic E-state index is 10.7. The molecule has 5 heteroatoms. The van der Waals surface area contributed by atoms with E-state index in [0.29, 0.717) is 19.5 Å². The Morgan fingerprint density at radius 1 is 1.41 bits per heavy atom. The number of β-amino-alcohol motifs (C(OH)–C–C–N with tert-alkyl or cyclic N) is 1. The summed E-state index contributed by atoms with van der Waals surface area (Å²) in [6.07, 6.45) is 0.301. The lowest BCUT2D eigenvalue weighted by atomic mass is 9.99. The summed E-state index contributed by atoms with van der Waals surface area (Å²) >= 11 is 3.36. The molecule has 4 nitrogen and oxygen atoms in total. The van der Waals surface area contributed by atoms with Gasteiger partial charge in [0.25, 0.3) is 0 Å². The molecular formula is C12H14BrNO3. The van der Waals surface area contributed by atoms with Crippen LogP contribution in [0.2, 0.25) is 0 Å². The molecule has 0 radical (unpaired) electrons. The van der Waals surface area contributed by atoms with Crippen LogP contribution in [-0.4, -0.2) is 34.9 Å². The number of carboxylic acid groups (broad SMARTS) is 1. The third kappa shape index (κ3) is 2.98. The van der Waals surface area contributed by atoms with Crippen molar-refractivity contribution in [1.29, 1.82) is 0 Å². The SMILES string of the molecule is O=C(O)CC1(O)CCN(c2ccc(Br)cc2)C1. The van der Waals surface area contributed by atoms with Crippen molar-refractivity contribution in [1.82, 2.24) is 0 Å². The molecule has 92 valence electrons. The lowest BCUT2D eigenvalue weighted by molar-refractivity contribution is -0.141. The number of halogens is 1. The summed E-state index contributed by atoms with van der Waals surface area (Å²) in [7, 11) is 0. The number of carboxylic acids is 1. The molecule has 1 saturated heterocycles. The Balaban J connectivity index is 2.07. The van der Waals surface area contributed by atoms with Crippen LogP contribution in [0.4, 0.5) is 5.69 Å². The Bertz CT molecular complexity index is 420. The molecule has 2 rings (SSSR count). The standard InChI is InChI=1S/C12H14BrNO3/c13-9-1-3-10(4-2-9)14-6-5-12(17,8-14)7-11(15)16/h1-4,17H,5-8H2,(H,15,16). The van der Waals surface area contributed by atoms with E-state index in [0.717, 1.165) is 10.2 Å². The third-order valence-corrected chi connectivity index (χ3v) is 3.53. The number of aliphatic hydroxyl groups is 1. The summed E-state index contributed by atoms with van der Waals surface area (Å²) < 4.78 is 1.00. The van der Waals surface area contributed by atoms with Gasteiger partial charge in [-0.25, -0.2) is 0 Å². The predicted octanol–water partition coefficient (Wildman–Crippen LogP) is 1.86. The molecule has 0 amide bonds. The minimum Gasteiger partial charge on any atom is -0.481 e. The first-order valence-corrected chi connectivity index (χ1v) is 6.22. The molecule has 0 aromatic heterocycles. The highest BCUT2D eigenvalue weighted by molar-refractivity contribution is 9.10. The van der Waals surface area contributed by atoms with Crippen LogP contribution < -0.4 is 4.90 Å². The van der Waals surface area contributed by atoms with Gasteiger partial charge in [-0.2, -0.15) is 0 Å². The van der Waals surface area contributed by atoms with Gasteiger partial charge in [-0.15, -0.1) is 0 Å². The van der Waals surface area contributed by atoms with Crippen LogP contribution in [0.25, 0.3) is 0 Å². The zero-order valence-electron chi connectivity index (χ0n) is 9.27. The predicted molar refractivity (Wildman–Crippen MR) is 68.2 cm³/mol. The number of nitrogens with zero attached hydrogens (tertiary/aromatic N) is 1. The van der Waals surface area contributed by atoms with E-state index in [9.17, 15) is 9.90 Å². The fraction of sp³-hybridized carbons (Fsp3) is 0.417. The van der Waals surface area contributed by atoms with Crippen molar-refractivity contribution >= 4 is 27.6 Å². The van der Waals surface area contributed by atoms with Crippen LogP contribution in [-0.2, 0) is 4.79 Å². The molecule has 17 heavy (non-hydrogen) atoms. The van der Waals surface area contributed by atoms with E-state index in [4.69, 9.17) is 5.11 Å². The highest BCUT2D eigenvalue weighted by Gasteiger charge is 2.38. The van der Waals surface area contributed by atoms with E-state index < -0.39 is 11.6 Å². The van der Waals surface area contributed by atoms with Gasteiger partial charge in [0.15, 0.2) is 0 Å². The van der Waals surface area contributed by atoms with Gasteiger partial charge in [-0.1, -0.05) is 15.9 Å². The van der Waals surface area contributed by atoms with Crippen molar-refractivity contribution in [2.75, 3.05) is 18.0 Å². The highest BCUT2D eigenvalue weighted by atomic mass is 79.9. The second-order valence-electron chi connectivity index (χ2n) is 4.44. The van der Waals surface area contributed by atoms with Crippen LogP contribution in [0.5, 0.6) is 0 Å². The molecule has 1 unspecified atom stereocenters. The van der Waals surface area contributed by atoms with Gasteiger partial charge in [0.2, 0.25) is 0 Å². The minimum absolute atomic E-state index is 0.194. The zero-order chi connectivity index (χ0) is 12.5. The van der Waals surface area contributed by atoms with Gasteiger partial charge >= 0.3 is 5.97 Å². The molecule has 0 saturated carbocycles. The van der Waals surface area contributed by atoms with Crippen LogP contribution in [0, 0.1) is 0 Å². The van der Waals surface area contributed by atoms with E-state index in [1.165, 1.54) is 0 Å². The molecule has 0 bridgehead atoms. The molecule has 1 heterocycles. The van der Waals surface area contributed by atoms with Gasteiger partial charge in [-0.05, 0) is 30.7 Å². The molecule has 1 atom stereocenters. The zero-order valence-corrected chi connectivity index (χ0v) is 10.9. The maximum Gasteiger partial charge on any atom is 0.306 e. The van der Waals surface area contributed by atoms with Gasteiger partial charge in [0.1, 0.15) is 0 Å². The Kier molecular flexibility index (Phi) is 3.40. The molecule has 1 aliphatic rings. The number of hydrogen-bond acceptors (Lipinski definition) is 3. The number of carbonyl (C=O) groups is 1. The van der Waals surface area contributed by atoms with Crippen LogP contribution in [0.3, 0.4) is 0 Å². The number of rotatable bonds is 3. The molecule has 0 spiro atoms. The van der Waals surface area contributed by atoms with E-state index >= 15 is 0 Å². The summed E-state index contributed by atoms with van der Waals surface area (Å²) in [4.78, 5) is 12.7. The van der Waals surface area contributed by atoms with Crippen LogP contribution in [0.1, 0.15) is 12.8 Å². The van der Waals surface area contributed by atoms with Crippen molar-refractivity contribution in [3.05, 3.63) is 28.7 Å². The molecule has 1 aromatic carbocycles. The second-order valence-corrected chi connectivity index (χ2v) is 5.36. The summed E-state index contributed by atoms with van der Waals surface area (Å²) in [5.41, 5.74) is -0.0895. The molecule has 1 fully saturated rings. The van der Waals surface area contributed by atoms with Crippen molar-refractivity contribution in [3.63, 3.8) is 0 Å². The lowest BCUT2D eigenvalue weighted by Gasteiger charge is -2.22. The molecule has 0 aliphatic carbocycles. The monoisotopic (exact) mass is 299 g/mol. The highest BCUT2D eigenvalue weighted by Crippen LogP contribution is 2.29. The first kappa shape index (κ1) is 12.4. The summed E-state index contributed by atoms with van der Waals surface area (Å²) in [5, 5.41) is 18.9. The molecule has 2 N–H and O–H groups in total. The van der Waals surface area contributed by atoms with E-state index in [-0.39, 0.29) is 6.42 Å².